The molecule has 0 aliphatic heterocycles. The van der Waals surface area contributed by atoms with E-state index in [0.29, 0.717) is 29.2 Å². The number of nitrogens with one attached hydrogen (secondary N) is 2. The lowest BCUT2D eigenvalue weighted by molar-refractivity contribution is -0.120. The van der Waals surface area contributed by atoms with Crippen LogP contribution < -0.4 is 20.1 Å². The number of hydrogen-bond acceptors (Lipinski definition) is 5. The van der Waals surface area contributed by atoms with Crippen molar-refractivity contribution in [2.75, 3.05) is 20.8 Å². The van der Waals surface area contributed by atoms with E-state index in [1.165, 1.54) is 20.5 Å². The van der Waals surface area contributed by atoms with E-state index in [2.05, 4.69) is 17.2 Å². The highest BCUT2D eigenvalue weighted by Gasteiger charge is 2.16. The molecule has 2 rings (SSSR count). The van der Waals surface area contributed by atoms with E-state index >= 15 is 0 Å². The smallest absolute Gasteiger partial charge is 0.251 e. The number of allylic oxidation sites excluding steroid dienone is 1. The molecule has 1 heterocycles. The molecule has 26 heavy (non-hydrogen) atoms. The highest BCUT2D eigenvalue weighted by molar-refractivity contribution is 5.97. The van der Waals surface area contributed by atoms with Gasteiger partial charge in [-0.1, -0.05) is 6.08 Å². The van der Waals surface area contributed by atoms with Crippen LogP contribution in [0.15, 0.2) is 47.6 Å². The number of benzene rings is 1. The van der Waals surface area contributed by atoms with Crippen LogP contribution >= 0.6 is 0 Å². The van der Waals surface area contributed by atoms with E-state index in [1.807, 2.05) is 0 Å². The predicted molar refractivity (Wildman–Crippen MR) is 96.3 cm³/mol. The molecule has 7 heteroatoms. The third kappa shape index (κ3) is 4.89. The Kier molecular flexibility index (Phi) is 6.84. The zero-order chi connectivity index (χ0) is 18.9. The van der Waals surface area contributed by atoms with Crippen molar-refractivity contribution in [2.45, 2.75) is 13.0 Å². The van der Waals surface area contributed by atoms with Crippen molar-refractivity contribution in [1.82, 2.24) is 10.6 Å². The molecule has 0 aliphatic carbocycles. The van der Waals surface area contributed by atoms with Gasteiger partial charge in [-0.05, 0) is 30.7 Å². The van der Waals surface area contributed by atoms with Gasteiger partial charge in [-0.2, -0.15) is 0 Å². The number of carbonyl (C=O) groups is 2. The number of methoxy groups -OCH3 is 2. The number of carbonyl (C=O) groups excluding carboxylic acids is 2. The molecule has 0 saturated heterocycles. The fraction of sp³-hybridized carbons (Fsp3) is 0.263. The Morgan fingerprint density at radius 3 is 2.65 bits per heavy atom. The van der Waals surface area contributed by atoms with E-state index in [1.54, 1.807) is 30.3 Å². The summed E-state index contributed by atoms with van der Waals surface area (Å²) >= 11 is 0. The van der Waals surface area contributed by atoms with Crippen LogP contribution in [0.25, 0.3) is 0 Å². The van der Waals surface area contributed by atoms with Gasteiger partial charge in [0.25, 0.3) is 5.91 Å². The second-order valence-electron chi connectivity index (χ2n) is 5.40. The molecule has 0 radical (unpaired) electrons. The van der Waals surface area contributed by atoms with E-state index < -0.39 is 0 Å². The topological polar surface area (TPSA) is 89.8 Å². The predicted octanol–water partition coefficient (Wildman–Crippen LogP) is 2.07. The first-order valence-electron chi connectivity index (χ1n) is 8.02. The summed E-state index contributed by atoms with van der Waals surface area (Å²) in [7, 11) is 3.03. The Labute approximate surface area is 152 Å². The summed E-state index contributed by atoms with van der Waals surface area (Å²) in [6, 6.07) is 6.76. The van der Waals surface area contributed by atoms with E-state index in [-0.39, 0.29) is 24.9 Å². The number of ether oxygens (including phenoxy) is 2. The SMILES string of the molecule is C=CCc1cc(C(=O)NCC(=O)NCc2ccco2)cc(OC)c1OC. The minimum absolute atomic E-state index is 0.148. The average Bonchev–Trinajstić information content (AvgIpc) is 3.17. The maximum Gasteiger partial charge on any atom is 0.251 e. The minimum Gasteiger partial charge on any atom is -0.493 e. The van der Waals surface area contributed by atoms with Crippen molar-refractivity contribution < 1.29 is 23.5 Å². The lowest BCUT2D eigenvalue weighted by Crippen LogP contribution is -2.36. The largest absolute Gasteiger partial charge is 0.493 e. The Balaban J connectivity index is 2.00. The lowest BCUT2D eigenvalue weighted by atomic mass is 10.0. The number of rotatable bonds is 9. The van der Waals surface area contributed by atoms with Crippen LogP contribution in [-0.4, -0.2) is 32.6 Å². The first kappa shape index (κ1) is 19.1. The first-order valence-corrected chi connectivity index (χ1v) is 8.02. The maximum absolute atomic E-state index is 12.4. The van der Waals surface area contributed by atoms with Gasteiger partial charge in [-0.15, -0.1) is 6.58 Å². The summed E-state index contributed by atoms with van der Waals surface area (Å²) < 4.78 is 15.8. The number of furan rings is 1. The molecule has 0 unspecified atom stereocenters. The summed E-state index contributed by atoms with van der Waals surface area (Å²) in [5, 5.41) is 5.24. The third-order valence-corrected chi connectivity index (χ3v) is 3.63. The van der Waals surface area contributed by atoms with Gasteiger partial charge in [0, 0.05) is 11.1 Å². The Morgan fingerprint density at radius 2 is 2.04 bits per heavy atom. The van der Waals surface area contributed by atoms with Crippen molar-refractivity contribution >= 4 is 11.8 Å². The normalized spacial score (nSPS) is 10.1. The molecule has 0 saturated carbocycles. The molecule has 0 fully saturated rings. The van der Waals surface area contributed by atoms with Gasteiger partial charge in [0.15, 0.2) is 11.5 Å². The average molecular weight is 358 g/mol. The molecule has 2 amide bonds. The molecule has 138 valence electrons. The lowest BCUT2D eigenvalue weighted by Gasteiger charge is -2.14. The fourth-order valence-corrected chi connectivity index (χ4v) is 2.41. The van der Waals surface area contributed by atoms with Gasteiger partial charge in [-0.3, -0.25) is 9.59 Å². The van der Waals surface area contributed by atoms with Gasteiger partial charge >= 0.3 is 0 Å². The molecule has 0 bridgehead atoms. The summed E-state index contributed by atoms with van der Waals surface area (Å²) in [5.41, 5.74) is 1.15. The monoisotopic (exact) mass is 358 g/mol. The summed E-state index contributed by atoms with van der Waals surface area (Å²) in [6.07, 6.45) is 3.76. The van der Waals surface area contributed by atoms with E-state index in [9.17, 15) is 9.59 Å². The first-order chi connectivity index (χ1) is 12.6. The minimum atomic E-state index is -0.385. The van der Waals surface area contributed by atoms with Gasteiger partial charge in [-0.25, -0.2) is 0 Å². The van der Waals surface area contributed by atoms with Gasteiger partial charge < -0.3 is 24.5 Å². The standard InChI is InChI=1S/C19H22N2O5/c1-4-6-13-9-14(10-16(24-2)18(13)25-3)19(23)21-12-17(22)20-11-15-7-5-8-26-15/h4-5,7-10H,1,6,11-12H2,2-3H3,(H,20,22)(H,21,23). The highest BCUT2D eigenvalue weighted by Crippen LogP contribution is 2.33. The molecule has 2 N–H and O–H groups in total. The molecule has 0 atom stereocenters. The number of hydrogen-bond donors (Lipinski definition) is 2. The molecule has 1 aromatic carbocycles. The van der Waals surface area contributed by atoms with Crippen molar-refractivity contribution in [3.05, 3.63) is 60.1 Å². The Hall–Kier alpha value is -3.22. The summed E-state index contributed by atoms with van der Waals surface area (Å²) in [4.78, 5) is 24.2. The molecular weight excluding hydrogens is 336 g/mol. The van der Waals surface area contributed by atoms with Gasteiger partial charge in [0.2, 0.25) is 5.91 Å². The van der Waals surface area contributed by atoms with Crippen LogP contribution in [0, 0.1) is 0 Å². The fourth-order valence-electron chi connectivity index (χ4n) is 2.41. The van der Waals surface area contributed by atoms with Gasteiger partial charge in [0.1, 0.15) is 5.76 Å². The Bertz CT molecular complexity index is 768. The number of amides is 2. The van der Waals surface area contributed by atoms with Crippen LogP contribution in [0.1, 0.15) is 21.7 Å². The van der Waals surface area contributed by atoms with Crippen molar-refractivity contribution in [2.24, 2.45) is 0 Å². The van der Waals surface area contributed by atoms with E-state index in [4.69, 9.17) is 13.9 Å². The second kappa shape index (κ2) is 9.31. The summed E-state index contributed by atoms with van der Waals surface area (Å²) in [5.74, 6) is 0.934. The zero-order valence-electron chi connectivity index (χ0n) is 14.8. The van der Waals surface area contributed by atoms with Crippen LogP contribution in [0.3, 0.4) is 0 Å². The van der Waals surface area contributed by atoms with Crippen molar-refractivity contribution in [3.8, 4) is 11.5 Å². The van der Waals surface area contributed by atoms with Crippen LogP contribution in [0.4, 0.5) is 0 Å². The highest BCUT2D eigenvalue weighted by atomic mass is 16.5. The molecule has 2 aromatic rings. The molecule has 0 aliphatic rings. The van der Waals surface area contributed by atoms with Crippen molar-refractivity contribution in [1.29, 1.82) is 0 Å². The van der Waals surface area contributed by atoms with Crippen LogP contribution in [0.5, 0.6) is 11.5 Å². The summed E-state index contributed by atoms with van der Waals surface area (Å²) in [6.45, 7) is 3.82. The molecular formula is C19H22N2O5. The maximum atomic E-state index is 12.4. The van der Waals surface area contributed by atoms with Crippen LogP contribution in [-0.2, 0) is 17.8 Å². The third-order valence-electron chi connectivity index (χ3n) is 3.63. The molecule has 7 nitrogen and oxygen atoms in total. The second-order valence-corrected chi connectivity index (χ2v) is 5.40. The van der Waals surface area contributed by atoms with Gasteiger partial charge in [0.05, 0.1) is 33.6 Å². The molecule has 0 spiro atoms. The Morgan fingerprint density at radius 1 is 1.23 bits per heavy atom. The quantitative estimate of drug-likeness (QED) is 0.670. The molecule has 1 aromatic heterocycles. The zero-order valence-corrected chi connectivity index (χ0v) is 14.8. The van der Waals surface area contributed by atoms with E-state index in [0.717, 1.165) is 5.56 Å². The van der Waals surface area contributed by atoms with Crippen molar-refractivity contribution in [3.63, 3.8) is 0 Å². The van der Waals surface area contributed by atoms with Crippen LogP contribution in [0.2, 0.25) is 0 Å².